The Morgan fingerprint density at radius 2 is 1.88 bits per heavy atom. The van der Waals surface area contributed by atoms with Gasteiger partial charge in [-0.05, 0) is 36.1 Å². The van der Waals surface area contributed by atoms with E-state index in [9.17, 15) is 4.79 Å². The van der Waals surface area contributed by atoms with Gasteiger partial charge in [0.05, 0.1) is 26.0 Å². The second kappa shape index (κ2) is 8.20. The van der Waals surface area contributed by atoms with E-state index in [1.807, 2.05) is 44.2 Å². The summed E-state index contributed by atoms with van der Waals surface area (Å²) in [6.45, 7) is 9.11. The van der Waals surface area contributed by atoms with Gasteiger partial charge < -0.3 is 14.2 Å². The lowest BCUT2D eigenvalue weighted by atomic mass is 10.1. The molecule has 0 radical (unpaired) electrons. The fraction of sp³-hybridized carbons (Fsp3) is 0.526. The molecule has 1 unspecified atom stereocenters. The van der Waals surface area contributed by atoms with Gasteiger partial charge in [0.1, 0.15) is 5.75 Å². The lowest BCUT2D eigenvalue weighted by Gasteiger charge is -2.33. The molecule has 0 aliphatic carbocycles. The second-order valence-electron chi connectivity index (χ2n) is 6.74. The molecule has 1 aliphatic rings. The molecule has 0 bridgehead atoms. The Morgan fingerprint density at radius 1 is 1.17 bits per heavy atom. The number of fused-ring (bicyclic) bond motifs is 1. The van der Waals surface area contributed by atoms with Crippen molar-refractivity contribution in [2.45, 2.75) is 33.9 Å². The Kier molecular flexibility index (Phi) is 6.26. The summed E-state index contributed by atoms with van der Waals surface area (Å²) in [5.41, 5.74) is 1.67. The van der Waals surface area contributed by atoms with Crippen LogP contribution in [0.3, 0.4) is 0 Å². The summed E-state index contributed by atoms with van der Waals surface area (Å²) >= 11 is 0. The molecule has 0 N–H and O–H groups in total. The summed E-state index contributed by atoms with van der Waals surface area (Å²) in [6, 6.07) is 5.59. The van der Waals surface area contributed by atoms with Crippen molar-refractivity contribution in [1.29, 1.82) is 0 Å². The van der Waals surface area contributed by atoms with E-state index in [0.29, 0.717) is 19.1 Å². The summed E-state index contributed by atoms with van der Waals surface area (Å²) < 4.78 is 16.6. The van der Waals surface area contributed by atoms with E-state index in [1.54, 1.807) is 12.0 Å². The third-order valence-corrected chi connectivity index (χ3v) is 3.53. The molecule has 0 aromatic heterocycles. The molecule has 0 spiro atoms. The van der Waals surface area contributed by atoms with Crippen LogP contribution in [0.15, 0.2) is 24.3 Å². The highest BCUT2D eigenvalue weighted by Gasteiger charge is 2.30. The van der Waals surface area contributed by atoms with Crippen LogP contribution in [0.25, 0.3) is 6.08 Å². The van der Waals surface area contributed by atoms with Gasteiger partial charge in [0.15, 0.2) is 6.23 Å². The van der Waals surface area contributed by atoms with Crippen LogP contribution in [0.5, 0.6) is 5.75 Å². The van der Waals surface area contributed by atoms with Crippen molar-refractivity contribution >= 4 is 17.9 Å². The molecule has 1 atom stereocenters. The predicted molar refractivity (Wildman–Crippen MR) is 95.3 cm³/mol. The largest absolute Gasteiger partial charge is 0.497 e. The summed E-state index contributed by atoms with van der Waals surface area (Å²) in [5.74, 6) is 1.40. The van der Waals surface area contributed by atoms with Gasteiger partial charge in [-0.3, -0.25) is 0 Å². The van der Waals surface area contributed by atoms with E-state index < -0.39 is 12.3 Å². The summed E-state index contributed by atoms with van der Waals surface area (Å²) in [6.07, 6.45) is 2.97. The monoisotopic (exact) mass is 333 g/mol. The van der Waals surface area contributed by atoms with Crippen molar-refractivity contribution in [3.05, 3.63) is 29.8 Å². The van der Waals surface area contributed by atoms with E-state index in [-0.39, 0.29) is 5.92 Å². The summed E-state index contributed by atoms with van der Waals surface area (Å²) in [7, 11) is 1.62. The maximum Gasteiger partial charge on any atom is 0.416 e. The minimum atomic E-state index is -0.465. The minimum absolute atomic E-state index is 0.277. The fourth-order valence-corrected chi connectivity index (χ4v) is 2.35. The van der Waals surface area contributed by atoms with Gasteiger partial charge in [-0.1, -0.05) is 33.8 Å². The second-order valence-corrected chi connectivity index (χ2v) is 6.74. The first kappa shape index (κ1) is 18.3. The van der Waals surface area contributed by atoms with Crippen LogP contribution in [-0.2, 0) is 9.47 Å². The number of carbonyl (C=O) groups excluding carboxylic acids is 1. The van der Waals surface area contributed by atoms with E-state index in [2.05, 4.69) is 13.8 Å². The number of hydrogen-bond acceptors (Lipinski definition) is 4. The Labute approximate surface area is 144 Å². The van der Waals surface area contributed by atoms with Crippen LogP contribution in [0.4, 0.5) is 10.5 Å². The van der Waals surface area contributed by atoms with Gasteiger partial charge in [0.2, 0.25) is 0 Å². The summed E-state index contributed by atoms with van der Waals surface area (Å²) in [5, 5.41) is 0. The maximum atomic E-state index is 12.6. The van der Waals surface area contributed by atoms with Gasteiger partial charge in [0.25, 0.3) is 0 Å². The lowest BCUT2D eigenvalue weighted by Crippen LogP contribution is -2.44. The van der Waals surface area contributed by atoms with Crippen molar-refractivity contribution in [1.82, 2.24) is 0 Å². The molecule has 1 aromatic carbocycles. The average molecular weight is 333 g/mol. The van der Waals surface area contributed by atoms with Crippen LogP contribution >= 0.6 is 0 Å². The predicted octanol–water partition coefficient (Wildman–Crippen LogP) is 4.32. The van der Waals surface area contributed by atoms with Crippen molar-refractivity contribution in [3.63, 3.8) is 0 Å². The average Bonchev–Trinajstić information content (AvgIpc) is 2.56. The van der Waals surface area contributed by atoms with Crippen LogP contribution in [-0.4, -0.2) is 32.6 Å². The molecular formula is C19H27NO4. The van der Waals surface area contributed by atoms with Gasteiger partial charge in [-0.15, -0.1) is 0 Å². The van der Waals surface area contributed by atoms with Gasteiger partial charge in [-0.2, -0.15) is 0 Å². The number of hydrogen-bond donors (Lipinski definition) is 0. The van der Waals surface area contributed by atoms with Crippen molar-refractivity contribution in [2.75, 3.05) is 25.2 Å². The third-order valence-electron chi connectivity index (χ3n) is 3.53. The lowest BCUT2D eigenvalue weighted by molar-refractivity contribution is 0.0556. The van der Waals surface area contributed by atoms with Crippen molar-refractivity contribution in [3.8, 4) is 5.75 Å². The quantitative estimate of drug-likeness (QED) is 0.778. The number of benzene rings is 1. The van der Waals surface area contributed by atoms with E-state index in [4.69, 9.17) is 14.2 Å². The molecule has 132 valence electrons. The zero-order valence-corrected chi connectivity index (χ0v) is 15.1. The zero-order valence-electron chi connectivity index (χ0n) is 15.1. The molecule has 0 fully saturated rings. The highest BCUT2D eigenvalue weighted by atomic mass is 16.6. The first-order valence-electron chi connectivity index (χ1n) is 8.36. The first-order valence-corrected chi connectivity index (χ1v) is 8.36. The van der Waals surface area contributed by atoms with Crippen LogP contribution in [0.1, 0.15) is 33.3 Å². The third kappa shape index (κ3) is 4.51. The minimum Gasteiger partial charge on any atom is -0.497 e. The molecule has 1 aliphatic heterocycles. The first-order chi connectivity index (χ1) is 11.4. The van der Waals surface area contributed by atoms with Crippen LogP contribution in [0.2, 0.25) is 0 Å². The van der Waals surface area contributed by atoms with E-state index in [0.717, 1.165) is 17.0 Å². The number of anilines is 1. The molecule has 5 nitrogen and oxygen atoms in total. The van der Waals surface area contributed by atoms with E-state index >= 15 is 0 Å². The number of carbonyl (C=O) groups is 1. The molecule has 24 heavy (non-hydrogen) atoms. The molecule has 1 heterocycles. The zero-order chi connectivity index (χ0) is 17.7. The number of ether oxygens (including phenoxy) is 3. The highest BCUT2D eigenvalue weighted by Crippen LogP contribution is 2.33. The van der Waals surface area contributed by atoms with Crippen LogP contribution in [0, 0.1) is 11.8 Å². The molecule has 5 heteroatoms. The number of amides is 1. The number of methoxy groups -OCH3 is 1. The number of rotatable bonds is 6. The molecule has 1 amide bonds. The number of nitrogens with zero attached hydrogens (tertiary/aromatic N) is 1. The molecule has 0 saturated carbocycles. The van der Waals surface area contributed by atoms with E-state index in [1.165, 1.54) is 0 Å². The molecular weight excluding hydrogens is 306 g/mol. The molecule has 0 saturated heterocycles. The van der Waals surface area contributed by atoms with Crippen molar-refractivity contribution in [2.24, 2.45) is 11.8 Å². The Balaban J connectivity index is 2.27. The Morgan fingerprint density at radius 3 is 2.50 bits per heavy atom. The highest BCUT2D eigenvalue weighted by molar-refractivity contribution is 5.93. The fourth-order valence-electron chi connectivity index (χ4n) is 2.35. The SMILES string of the molecule is COc1ccc2c(c1)C=CC(OCC(C)C)N2C(=O)OCC(C)C. The molecule has 1 aromatic rings. The summed E-state index contributed by atoms with van der Waals surface area (Å²) in [4.78, 5) is 14.2. The normalized spacial score (nSPS) is 16.5. The standard InChI is InChI=1S/C19H27NO4/c1-13(2)11-23-18-9-6-15-10-16(22-5)7-8-17(15)20(18)19(21)24-12-14(3)4/h6-10,13-14,18H,11-12H2,1-5H3. The van der Waals surface area contributed by atoms with Gasteiger partial charge in [-0.25, -0.2) is 9.69 Å². The Hall–Kier alpha value is -2.01. The Bertz CT molecular complexity index is 595. The van der Waals surface area contributed by atoms with Crippen LogP contribution < -0.4 is 9.64 Å². The smallest absolute Gasteiger partial charge is 0.416 e. The van der Waals surface area contributed by atoms with Gasteiger partial charge >= 0.3 is 6.09 Å². The topological polar surface area (TPSA) is 48.0 Å². The maximum absolute atomic E-state index is 12.6. The van der Waals surface area contributed by atoms with Gasteiger partial charge in [0, 0.05) is 5.56 Å². The van der Waals surface area contributed by atoms with Crippen molar-refractivity contribution < 1.29 is 19.0 Å². The molecule has 2 rings (SSSR count).